The summed E-state index contributed by atoms with van der Waals surface area (Å²) < 4.78 is 10.8. The van der Waals surface area contributed by atoms with Crippen molar-refractivity contribution in [2.45, 2.75) is 13.3 Å². The van der Waals surface area contributed by atoms with Gasteiger partial charge in [0.25, 0.3) is 0 Å². The molecule has 5 heteroatoms. The third-order valence-electron chi connectivity index (χ3n) is 3.11. The van der Waals surface area contributed by atoms with Crippen LogP contribution in [0.2, 0.25) is 0 Å². The molecule has 0 bridgehead atoms. The highest BCUT2D eigenvalue weighted by Gasteiger charge is 2.08. The van der Waals surface area contributed by atoms with E-state index in [1.165, 1.54) is 0 Å². The summed E-state index contributed by atoms with van der Waals surface area (Å²) in [4.78, 5) is 12.1. The molecule has 3 rings (SSSR count). The normalized spacial score (nSPS) is 10.8. The topological polar surface area (TPSA) is 60.0 Å². The summed E-state index contributed by atoms with van der Waals surface area (Å²) in [6.45, 7) is 2.80. The van der Waals surface area contributed by atoms with Gasteiger partial charge in [0.1, 0.15) is 11.6 Å². The number of pyridine rings is 1. The molecule has 0 atom stereocenters. The number of rotatable bonds is 5. The van der Waals surface area contributed by atoms with Crippen LogP contribution >= 0.6 is 0 Å². The summed E-state index contributed by atoms with van der Waals surface area (Å²) in [5.74, 6) is 2.17. The first-order chi connectivity index (χ1) is 10.3. The Morgan fingerprint density at radius 1 is 1.14 bits per heavy atom. The fourth-order valence-electron chi connectivity index (χ4n) is 2.08. The van der Waals surface area contributed by atoms with Crippen LogP contribution in [-0.4, -0.2) is 28.7 Å². The van der Waals surface area contributed by atoms with Crippen LogP contribution in [0.4, 0.5) is 0 Å². The number of nitrogens with zero attached hydrogens (tertiary/aromatic N) is 2. The highest BCUT2D eigenvalue weighted by molar-refractivity contribution is 5.76. The van der Waals surface area contributed by atoms with Crippen molar-refractivity contribution in [3.05, 3.63) is 36.4 Å². The summed E-state index contributed by atoms with van der Waals surface area (Å²) in [6, 6.07) is 11.6. The van der Waals surface area contributed by atoms with Gasteiger partial charge in [0.05, 0.1) is 19.2 Å². The minimum atomic E-state index is 0.556. The summed E-state index contributed by atoms with van der Waals surface area (Å²) in [5.41, 5.74) is 2.50. The van der Waals surface area contributed by atoms with Gasteiger partial charge in [-0.25, -0.2) is 4.98 Å². The molecule has 3 aromatic rings. The number of benzene rings is 1. The fraction of sp³-hybridized carbons (Fsp3) is 0.250. The molecule has 1 aromatic carbocycles. The number of methoxy groups -OCH3 is 1. The molecule has 0 fully saturated rings. The van der Waals surface area contributed by atoms with Crippen LogP contribution in [0.1, 0.15) is 13.3 Å². The predicted octanol–water partition coefficient (Wildman–Crippen LogP) is 3.42. The first-order valence-electron chi connectivity index (χ1n) is 6.94. The first-order valence-corrected chi connectivity index (χ1v) is 6.94. The van der Waals surface area contributed by atoms with E-state index in [4.69, 9.17) is 9.47 Å². The van der Waals surface area contributed by atoms with E-state index in [2.05, 4.69) is 21.9 Å². The Morgan fingerprint density at radius 3 is 2.86 bits per heavy atom. The Hall–Kier alpha value is -2.56. The summed E-state index contributed by atoms with van der Waals surface area (Å²) >= 11 is 0. The second-order valence-corrected chi connectivity index (χ2v) is 4.69. The lowest BCUT2D eigenvalue weighted by atomic mass is 10.2. The van der Waals surface area contributed by atoms with Crippen LogP contribution in [0.25, 0.3) is 22.6 Å². The van der Waals surface area contributed by atoms with E-state index in [1.54, 1.807) is 7.11 Å². The maximum absolute atomic E-state index is 5.65. The van der Waals surface area contributed by atoms with Crippen molar-refractivity contribution in [1.82, 2.24) is 15.0 Å². The Morgan fingerprint density at radius 2 is 2.05 bits per heavy atom. The quantitative estimate of drug-likeness (QED) is 0.779. The molecule has 2 aromatic heterocycles. The van der Waals surface area contributed by atoms with Gasteiger partial charge in [0, 0.05) is 11.6 Å². The molecular weight excluding hydrogens is 266 g/mol. The Labute approximate surface area is 123 Å². The van der Waals surface area contributed by atoms with Crippen molar-refractivity contribution in [3.63, 3.8) is 0 Å². The van der Waals surface area contributed by atoms with Crippen LogP contribution in [-0.2, 0) is 0 Å². The minimum Gasteiger partial charge on any atom is -0.494 e. The standard InChI is InChI=1S/C16H17N3O2/c1-3-9-21-12-6-4-5-11(10-12)15-17-13-7-8-14(20-2)18-16(13)19-15/h4-8,10H,3,9H2,1-2H3,(H,17,18,19). The molecule has 0 saturated carbocycles. The molecule has 0 aliphatic rings. The van der Waals surface area contributed by atoms with Crippen molar-refractivity contribution in [1.29, 1.82) is 0 Å². The van der Waals surface area contributed by atoms with E-state index in [0.29, 0.717) is 18.1 Å². The number of hydrogen-bond acceptors (Lipinski definition) is 4. The number of nitrogens with one attached hydrogen (secondary N) is 1. The van der Waals surface area contributed by atoms with Crippen molar-refractivity contribution in [2.75, 3.05) is 13.7 Å². The van der Waals surface area contributed by atoms with Gasteiger partial charge in [-0.05, 0) is 24.6 Å². The molecule has 21 heavy (non-hydrogen) atoms. The molecule has 2 heterocycles. The SMILES string of the molecule is CCCOc1cccc(-c2nc3nc(OC)ccc3[nH]2)c1. The van der Waals surface area contributed by atoms with Crippen LogP contribution < -0.4 is 9.47 Å². The van der Waals surface area contributed by atoms with Gasteiger partial charge >= 0.3 is 0 Å². The van der Waals surface area contributed by atoms with Gasteiger partial charge in [-0.15, -0.1) is 0 Å². The molecule has 0 amide bonds. The first kappa shape index (κ1) is 13.4. The zero-order valence-corrected chi connectivity index (χ0v) is 12.1. The third-order valence-corrected chi connectivity index (χ3v) is 3.11. The van der Waals surface area contributed by atoms with Crippen molar-refractivity contribution in [2.24, 2.45) is 0 Å². The highest BCUT2D eigenvalue weighted by atomic mass is 16.5. The molecule has 108 valence electrons. The zero-order valence-electron chi connectivity index (χ0n) is 12.1. The number of fused-ring (bicyclic) bond motifs is 1. The van der Waals surface area contributed by atoms with Crippen LogP contribution in [0.15, 0.2) is 36.4 Å². The average Bonchev–Trinajstić information content (AvgIpc) is 2.96. The maximum Gasteiger partial charge on any atom is 0.215 e. The molecule has 0 saturated heterocycles. The molecule has 0 unspecified atom stereocenters. The number of ether oxygens (including phenoxy) is 2. The third kappa shape index (κ3) is 2.81. The number of H-pyrrole nitrogens is 1. The zero-order chi connectivity index (χ0) is 14.7. The minimum absolute atomic E-state index is 0.556. The number of hydrogen-bond donors (Lipinski definition) is 1. The van der Waals surface area contributed by atoms with Crippen LogP contribution in [0.5, 0.6) is 11.6 Å². The number of imidazole rings is 1. The Balaban J connectivity index is 1.96. The molecule has 1 N–H and O–H groups in total. The number of aromatic amines is 1. The summed E-state index contributed by atoms with van der Waals surface area (Å²) in [6.07, 6.45) is 0.985. The highest BCUT2D eigenvalue weighted by Crippen LogP contribution is 2.24. The van der Waals surface area contributed by atoms with E-state index >= 15 is 0 Å². The maximum atomic E-state index is 5.65. The van der Waals surface area contributed by atoms with Gasteiger partial charge in [-0.2, -0.15) is 4.98 Å². The summed E-state index contributed by atoms with van der Waals surface area (Å²) in [7, 11) is 1.59. The lowest BCUT2D eigenvalue weighted by Gasteiger charge is -2.05. The van der Waals surface area contributed by atoms with E-state index in [0.717, 1.165) is 29.1 Å². The van der Waals surface area contributed by atoms with Gasteiger partial charge < -0.3 is 14.5 Å². The van der Waals surface area contributed by atoms with E-state index in [1.807, 2.05) is 36.4 Å². The largest absolute Gasteiger partial charge is 0.494 e. The summed E-state index contributed by atoms with van der Waals surface area (Å²) in [5, 5.41) is 0. The Kier molecular flexibility index (Phi) is 3.73. The van der Waals surface area contributed by atoms with Crippen LogP contribution in [0.3, 0.4) is 0 Å². The van der Waals surface area contributed by atoms with Gasteiger partial charge in [0.2, 0.25) is 5.88 Å². The van der Waals surface area contributed by atoms with E-state index in [9.17, 15) is 0 Å². The van der Waals surface area contributed by atoms with Gasteiger partial charge in [-0.3, -0.25) is 0 Å². The fourth-order valence-corrected chi connectivity index (χ4v) is 2.08. The van der Waals surface area contributed by atoms with Crippen molar-refractivity contribution >= 4 is 11.2 Å². The van der Waals surface area contributed by atoms with Gasteiger partial charge in [-0.1, -0.05) is 19.1 Å². The van der Waals surface area contributed by atoms with Crippen molar-refractivity contribution < 1.29 is 9.47 Å². The monoisotopic (exact) mass is 283 g/mol. The smallest absolute Gasteiger partial charge is 0.215 e. The number of aromatic nitrogens is 3. The van der Waals surface area contributed by atoms with E-state index in [-0.39, 0.29) is 0 Å². The molecule has 5 nitrogen and oxygen atoms in total. The lowest BCUT2D eigenvalue weighted by Crippen LogP contribution is -1.94. The lowest BCUT2D eigenvalue weighted by molar-refractivity contribution is 0.317. The van der Waals surface area contributed by atoms with Gasteiger partial charge in [0.15, 0.2) is 5.65 Å². The second kappa shape index (κ2) is 5.83. The van der Waals surface area contributed by atoms with Crippen LogP contribution in [0, 0.1) is 0 Å². The molecule has 0 aliphatic heterocycles. The molecule has 0 radical (unpaired) electrons. The second-order valence-electron chi connectivity index (χ2n) is 4.69. The predicted molar refractivity (Wildman–Crippen MR) is 81.7 cm³/mol. The van der Waals surface area contributed by atoms with Crippen molar-refractivity contribution in [3.8, 4) is 23.0 Å². The average molecular weight is 283 g/mol. The molecule has 0 spiro atoms. The van der Waals surface area contributed by atoms with E-state index < -0.39 is 0 Å². The molecular formula is C16H17N3O2. The molecule has 0 aliphatic carbocycles. The Bertz CT molecular complexity index is 752.